The fourth-order valence-corrected chi connectivity index (χ4v) is 1.89. The third kappa shape index (κ3) is 5.18. The normalized spacial score (nSPS) is 11.6. The number of esters is 1. The van der Waals surface area contributed by atoms with Gasteiger partial charge < -0.3 is 10.1 Å². The number of nitrogens with zero attached hydrogens (tertiary/aromatic N) is 1. The van der Waals surface area contributed by atoms with E-state index in [1.54, 1.807) is 12.1 Å². The molecule has 6 heteroatoms. The highest BCUT2D eigenvalue weighted by atomic mass is 19.1. The Morgan fingerprint density at radius 3 is 2.48 bits per heavy atom. The molecule has 5 nitrogen and oxygen atoms in total. The number of aromatic nitrogens is 1. The number of hydrogen-bond donors (Lipinski definition) is 1. The molecule has 23 heavy (non-hydrogen) atoms. The topological polar surface area (TPSA) is 68.3 Å². The van der Waals surface area contributed by atoms with Crippen LogP contribution in [0.5, 0.6) is 0 Å². The first-order chi connectivity index (χ1) is 11.1. The first-order valence-electron chi connectivity index (χ1n) is 7.19. The lowest BCUT2D eigenvalue weighted by Crippen LogP contribution is -2.36. The van der Waals surface area contributed by atoms with Crippen molar-refractivity contribution in [3.8, 4) is 0 Å². The Hall–Kier alpha value is -2.76. The highest BCUT2D eigenvalue weighted by Gasteiger charge is 2.18. The van der Waals surface area contributed by atoms with Crippen LogP contribution in [0.3, 0.4) is 0 Å². The molecule has 0 aliphatic heterocycles. The molecule has 0 spiro atoms. The molecule has 2 rings (SSSR count). The van der Waals surface area contributed by atoms with E-state index in [2.05, 4.69) is 10.3 Å². The summed E-state index contributed by atoms with van der Waals surface area (Å²) in [6, 6.07) is 9.10. The fourth-order valence-electron chi connectivity index (χ4n) is 1.89. The molecule has 0 radical (unpaired) electrons. The summed E-state index contributed by atoms with van der Waals surface area (Å²) in [7, 11) is 0. The van der Waals surface area contributed by atoms with Crippen LogP contribution in [0.15, 0.2) is 48.8 Å². The maximum Gasteiger partial charge on any atom is 0.339 e. The number of rotatable bonds is 6. The van der Waals surface area contributed by atoms with E-state index < -0.39 is 12.1 Å². The molecule has 1 aromatic heterocycles. The molecule has 1 amide bonds. The molecule has 1 atom stereocenters. The van der Waals surface area contributed by atoms with Gasteiger partial charge in [0, 0.05) is 18.9 Å². The van der Waals surface area contributed by atoms with Gasteiger partial charge in [-0.3, -0.25) is 9.78 Å². The molecule has 0 aliphatic carbocycles. The number of hydrogen-bond acceptors (Lipinski definition) is 4. The zero-order valence-corrected chi connectivity index (χ0v) is 12.7. The van der Waals surface area contributed by atoms with Gasteiger partial charge >= 0.3 is 5.97 Å². The maximum absolute atomic E-state index is 12.8. The van der Waals surface area contributed by atoms with Crippen LogP contribution in [0.4, 0.5) is 4.39 Å². The van der Waals surface area contributed by atoms with Gasteiger partial charge in [0.15, 0.2) is 6.10 Å². The zero-order valence-electron chi connectivity index (χ0n) is 12.7. The summed E-state index contributed by atoms with van der Waals surface area (Å²) in [5, 5.41) is 2.68. The van der Waals surface area contributed by atoms with Crippen molar-refractivity contribution in [3.05, 3.63) is 65.7 Å². The van der Waals surface area contributed by atoms with Crippen LogP contribution in [0.2, 0.25) is 0 Å². The second-order valence-electron chi connectivity index (χ2n) is 4.95. The average Bonchev–Trinajstić information content (AvgIpc) is 2.57. The smallest absolute Gasteiger partial charge is 0.339 e. The van der Waals surface area contributed by atoms with Crippen molar-refractivity contribution in [1.29, 1.82) is 0 Å². The lowest BCUT2D eigenvalue weighted by molar-refractivity contribution is -0.129. The monoisotopic (exact) mass is 316 g/mol. The number of nitrogens with one attached hydrogen (secondary N) is 1. The van der Waals surface area contributed by atoms with Gasteiger partial charge in [-0.25, -0.2) is 9.18 Å². The quantitative estimate of drug-likeness (QED) is 0.829. The first kappa shape index (κ1) is 16.6. The van der Waals surface area contributed by atoms with E-state index in [9.17, 15) is 14.0 Å². The molecule has 1 aromatic carbocycles. The SMILES string of the molecule is C[C@@H](OC(=O)c1ccncc1)C(=O)NCCc1ccc(F)cc1. The number of pyridine rings is 1. The Labute approximate surface area is 133 Å². The van der Waals surface area contributed by atoms with Crippen LogP contribution in [0.25, 0.3) is 0 Å². The summed E-state index contributed by atoms with van der Waals surface area (Å²) < 4.78 is 17.9. The predicted octanol–water partition coefficient (Wildman–Crippen LogP) is 2.12. The van der Waals surface area contributed by atoms with Crippen LogP contribution < -0.4 is 5.32 Å². The Morgan fingerprint density at radius 2 is 1.83 bits per heavy atom. The van der Waals surface area contributed by atoms with Gasteiger partial charge in [-0.05, 0) is 43.2 Å². The van der Waals surface area contributed by atoms with Gasteiger partial charge in [-0.1, -0.05) is 12.1 Å². The summed E-state index contributed by atoms with van der Waals surface area (Å²) in [4.78, 5) is 27.5. The van der Waals surface area contributed by atoms with Crippen LogP contribution in [0.1, 0.15) is 22.8 Å². The lowest BCUT2D eigenvalue weighted by Gasteiger charge is -2.13. The van der Waals surface area contributed by atoms with Gasteiger partial charge in [-0.15, -0.1) is 0 Å². The third-order valence-corrected chi connectivity index (χ3v) is 3.20. The number of halogens is 1. The van der Waals surface area contributed by atoms with Gasteiger partial charge in [0.2, 0.25) is 0 Å². The van der Waals surface area contributed by atoms with E-state index in [0.717, 1.165) is 5.56 Å². The average molecular weight is 316 g/mol. The molecular formula is C17H17FN2O3. The van der Waals surface area contributed by atoms with Crippen molar-refractivity contribution in [2.75, 3.05) is 6.54 Å². The van der Waals surface area contributed by atoms with Gasteiger partial charge in [0.05, 0.1) is 5.56 Å². The van der Waals surface area contributed by atoms with E-state index in [-0.39, 0.29) is 11.7 Å². The molecule has 120 valence electrons. The molecule has 0 aliphatic rings. The molecule has 1 heterocycles. The van der Waals surface area contributed by atoms with Gasteiger partial charge in [0.1, 0.15) is 5.82 Å². The van der Waals surface area contributed by atoms with E-state index in [1.165, 1.54) is 43.6 Å². The summed E-state index contributed by atoms with van der Waals surface area (Å²) >= 11 is 0. The minimum atomic E-state index is -0.899. The third-order valence-electron chi connectivity index (χ3n) is 3.20. The second kappa shape index (κ2) is 8.03. The Balaban J connectivity index is 1.76. The Kier molecular flexibility index (Phi) is 5.80. The summed E-state index contributed by atoms with van der Waals surface area (Å²) in [5.74, 6) is -1.25. The number of carbonyl (C=O) groups is 2. The molecular weight excluding hydrogens is 299 g/mol. The molecule has 0 saturated carbocycles. The van der Waals surface area contributed by atoms with E-state index in [4.69, 9.17) is 4.74 Å². The predicted molar refractivity (Wildman–Crippen MR) is 82.2 cm³/mol. The maximum atomic E-state index is 12.8. The summed E-state index contributed by atoms with van der Waals surface area (Å²) in [6.07, 6.45) is 2.62. The molecule has 0 fully saturated rings. The molecule has 0 bridgehead atoms. The molecule has 2 aromatic rings. The van der Waals surface area contributed by atoms with Crippen molar-refractivity contribution in [2.24, 2.45) is 0 Å². The van der Waals surface area contributed by atoms with Crippen LogP contribution in [0, 0.1) is 5.82 Å². The van der Waals surface area contributed by atoms with Crippen molar-refractivity contribution < 1.29 is 18.7 Å². The number of amides is 1. The van der Waals surface area contributed by atoms with Crippen LogP contribution in [-0.4, -0.2) is 29.5 Å². The summed E-state index contributed by atoms with van der Waals surface area (Å²) in [5.41, 5.74) is 1.25. The minimum absolute atomic E-state index is 0.297. The first-order valence-corrected chi connectivity index (χ1v) is 7.19. The van der Waals surface area contributed by atoms with Crippen molar-refractivity contribution >= 4 is 11.9 Å². The highest BCUT2D eigenvalue weighted by Crippen LogP contribution is 2.04. The van der Waals surface area contributed by atoms with E-state index in [1.807, 2.05) is 0 Å². The number of ether oxygens (including phenoxy) is 1. The number of benzene rings is 1. The van der Waals surface area contributed by atoms with Gasteiger partial charge in [0.25, 0.3) is 5.91 Å². The second-order valence-corrected chi connectivity index (χ2v) is 4.95. The van der Waals surface area contributed by atoms with E-state index in [0.29, 0.717) is 18.5 Å². The highest BCUT2D eigenvalue weighted by molar-refractivity contribution is 5.92. The Bertz CT molecular complexity index is 659. The standard InChI is InChI=1S/C17H17FN2O3/c1-12(23-17(22)14-7-9-19-10-8-14)16(21)20-11-6-13-2-4-15(18)5-3-13/h2-5,7-10,12H,6,11H2,1H3,(H,20,21)/t12-/m1/s1. The van der Waals surface area contributed by atoms with Gasteiger partial charge in [-0.2, -0.15) is 0 Å². The van der Waals surface area contributed by atoms with Crippen LogP contribution in [-0.2, 0) is 16.0 Å². The van der Waals surface area contributed by atoms with Crippen molar-refractivity contribution in [1.82, 2.24) is 10.3 Å². The summed E-state index contributed by atoms with van der Waals surface area (Å²) in [6.45, 7) is 1.88. The molecule has 0 saturated heterocycles. The van der Waals surface area contributed by atoms with Crippen LogP contribution >= 0.6 is 0 Å². The largest absolute Gasteiger partial charge is 0.449 e. The minimum Gasteiger partial charge on any atom is -0.449 e. The molecule has 0 unspecified atom stereocenters. The lowest BCUT2D eigenvalue weighted by atomic mass is 10.1. The zero-order chi connectivity index (χ0) is 16.7. The van der Waals surface area contributed by atoms with Crippen molar-refractivity contribution in [3.63, 3.8) is 0 Å². The Morgan fingerprint density at radius 1 is 1.17 bits per heavy atom. The van der Waals surface area contributed by atoms with Crippen molar-refractivity contribution in [2.45, 2.75) is 19.4 Å². The van der Waals surface area contributed by atoms with E-state index >= 15 is 0 Å². The number of carbonyl (C=O) groups excluding carboxylic acids is 2. The fraction of sp³-hybridized carbons (Fsp3) is 0.235. The molecule has 1 N–H and O–H groups in total.